The van der Waals surface area contributed by atoms with E-state index in [0.29, 0.717) is 16.6 Å². The summed E-state index contributed by atoms with van der Waals surface area (Å²) in [5, 5.41) is 7.56. The van der Waals surface area contributed by atoms with Gasteiger partial charge in [0.1, 0.15) is 5.82 Å². The number of thioether (sulfide) groups is 1. The molecule has 5 nitrogen and oxygen atoms in total. The minimum absolute atomic E-state index is 0.183. The standard InChI is InChI=1S/C13H11ClF3N5S/c1-21-9-4-3-7(14)5-8(9)18-10(21)6-23-12-20-19-11(22(12)2)13(15,16)17/h3-5H,6H2,1-2H3. The van der Waals surface area contributed by atoms with E-state index in [4.69, 9.17) is 11.6 Å². The largest absolute Gasteiger partial charge is 0.451 e. The minimum Gasteiger partial charge on any atom is -0.330 e. The van der Waals surface area contributed by atoms with E-state index in [2.05, 4.69) is 15.2 Å². The highest BCUT2D eigenvalue weighted by molar-refractivity contribution is 7.98. The molecule has 0 N–H and O–H groups in total. The first kappa shape index (κ1) is 16.1. The number of halogens is 4. The molecule has 3 aromatic rings. The molecule has 0 spiro atoms. The maximum atomic E-state index is 12.7. The van der Waals surface area contributed by atoms with Gasteiger partial charge in [0.25, 0.3) is 0 Å². The molecule has 2 aromatic heterocycles. The Morgan fingerprint density at radius 2 is 1.91 bits per heavy atom. The summed E-state index contributed by atoms with van der Waals surface area (Å²) < 4.78 is 40.9. The van der Waals surface area contributed by atoms with Crippen molar-refractivity contribution in [2.75, 3.05) is 0 Å². The molecule has 0 amide bonds. The van der Waals surface area contributed by atoms with E-state index in [-0.39, 0.29) is 5.16 Å². The number of nitrogens with zero attached hydrogens (tertiary/aromatic N) is 5. The monoisotopic (exact) mass is 361 g/mol. The zero-order chi connectivity index (χ0) is 16.8. The van der Waals surface area contributed by atoms with E-state index in [1.807, 2.05) is 17.7 Å². The quantitative estimate of drug-likeness (QED) is 0.668. The van der Waals surface area contributed by atoms with Crippen LogP contribution in [0, 0.1) is 0 Å². The van der Waals surface area contributed by atoms with Gasteiger partial charge in [0.2, 0.25) is 5.82 Å². The van der Waals surface area contributed by atoms with Crippen molar-refractivity contribution in [3.63, 3.8) is 0 Å². The fourth-order valence-corrected chi connectivity index (χ4v) is 3.23. The van der Waals surface area contributed by atoms with E-state index < -0.39 is 12.0 Å². The van der Waals surface area contributed by atoms with Crippen LogP contribution in [0.1, 0.15) is 11.6 Å². The lowest BCUT2D eigenvalue weighted by Gasteiger charge is -2.06. The first-order valence-electron chi connectivity index (χ1n) is 6.47. The van der Waals surface area contributed by atoms with Gasteiger partial charge >= 0.3 is 6.18 Å². The molecule has 0 aliphatic carbocycles. The van der Waals surface area contributed by atoms with Crippen molar-refractivity contribution in [2.24, 2.45) is 14.1 Å². The number of fused-ring (bicyclic) bond motifs is 1. The molecule has 23 heavy (non-hydrogen) atoms. The molecule has 0 bridgehead atoms. The molecule has 3 rings (SSSR count). The third-order valence-corrected chi connectivity index (χ3v) is 4.61. The van der Waals surface area contributed by atoms with Crippen LogP contribution in [-0.2, 0) is 26.0 Å². The van der Waals surface area contributed by atoms with Crippen LogP contribution in [0.4, 0.5) is 13.2 Å². The second kappa shape index (κ2) is 5.72. The topological polar surface area (TPSA) is 48.5 Å². The summed E-state index contributed by atoms with van der Waals surface area (Å²) in [4.78, 5) is 4.45. The van der Waals surface area contributed by atoms with Gasteiger partial charge in [-0.05, 0) is 18.2 Å². The molecular formula is C13H11ClF3N5S. The molecule has 0 atom stereocenters. The van der Waals surface area contributed by atoms with E-state index >= 15 is 0 Å². The smallest absolute Gasteiger partial charge is 0.330 e. The maximum absolute atomic E-state index is 12.7. The molecule has 0 saturated carbocycles. The van der Waals surface area contributed by atoms with Gasteiger partial charge in [-0.25, -0.2) is 4.98 Å². The highest BCUT2D eigenvalue weighted by Gasteiger charge is 2.37. The Bertz CT molecular complexity index is 870. The molecule has 0 aliphatic heterocycles. The summed E-state index contributed by atoms with van der Waals surface area (Å²) in [7, 11) is 3.14. The summed E-state index contributed by atoms with van der Waals surface area (Å²) >= 11 is 7.08. The Kier molecular flexibility index (Phi) is 4.01. The van der Waals surface area contributed by atoms with E-state index in [0.717, 1.165) is 27.4 Å². The van der Waals surface area contributed by atoms with Crippen LogP contribution < -0.4 is 0 Å². The first-order chi connectivity index (χ1) is 10.8. The van der Waals surface area contributed by atoms with Crippen molar-refractivity contribution in [1.29, 1.82) is 0 Å². The third-order valence-electron chi connectivity index (χ3n) is 3.35. The van der Waals surface area contributed by atoms with E-state index in [1.165, 1.54) is 7.05 Å². The second-order valence-corrected chi connectivity index (χ2v) is 6.25. The fourth-order valence-electron chi connectivity index (χ4n) is 2.17. The molecule has 10 heteroatoms. The molecule has 0 unspecified atom stereocenters. The van der Waals surface area contributed by atoms with Crippen molar-refractivity contribution < 1.29 is 13.2 Å². The number of hydrogen-bond acceptors (Lipinski definition) is 4. The van der Waals surface area contributed by atoms with Crippen molar-refractivity contribution in [1.82, 2.24) is 24.3 Å². The highest BCUT2D eigenvalue weighted by Crippen LogP contribution is 2.31. The average Bonchev–Trinajstić information content (AvgIpc) is 2.97. The van der Waals surface area contributed by atoms with Crippen LogP contribution in [-0.4, -0.2) is 24.3 Å². The number of rotatable bonds is 3. The van der Waals surface area contributed by atoms with Crippen molar-refractivity contribution >= 4 is 34.4 Å². The molecule has 0 saturated heterocycles. The number of benzene rings is 1. The fraction of sp³-hybridized carbons (Fsp3) is 0.308. The normalized spacial score (nSPS) is 12.3. The van der Waals surface area contributed by atoms with Gasteiger partial charge in [0, 0.05) is 19.1 Å². The van der Waals surface area contributed by atoms with Crippen LogP contribution in [0.2, 0.25) is 5.02 Å². The summed E-state index contributed by atoms with van der Waals surface area (Å²) in [5.74, 6) is 0.0627. The Labute approximate surface area is 138 Å². The van der Waals surface area contributed by atoms with Gasteiger partial charge in [-0.2, -0.15) is 13.2 Å². The predicted octanol–water partition coefficient (Wildman–Crippen LogP) is 3.67. The molecule has 122 valence electrons. The lowest BCUT2D eigenvalue weighted by Crippen LogP contribution is -2.13. The Hall–Kier alpha value is -1.74. The summed E-state index contributed by atoms with van der Waals surface area (Å²) in [6, 6.07) is 5.36. The molecule has 2 heterocycles. The van der Waals surface area contributed by atoms with Gasteiger partial charge in [-0.1, -0.05) is 23.4 Å². The van der Waals surface area contributed by atoms with Crippen molar-refractivity contribution in [2.45, 2.75) is 17.1 Å². The van der Waals surface area contributed by atoms with Gasteiger partial charge in [0.15, 0.2) is 5.16 Å². The van der Waals surface area contributed by atoms with Crippen LogP contribution in [0.5, 0.6) is 0 Å². The van der Waals surface area contributed by atoms with Crippen LogP contribution in [0.25, 0.3) is 11.0 Å². The van der Waals surface area contributed by atoms with Crippen LogP contribution >= 0.6 is 23.4 Å². The lowest BCUT2D eigenvalue weighted by molar-refractivity contribution is -0.147. The zero-order valence-corrected chi connectivity index (χ0v) is 13.7. The van der Waals surface area contributed by atoms with E-state index in [9.17, 15) is 13.2 Å². The molecule has 0 radical (unpaired) electrons. The minimum atomic E-state index is -4.52. The Morgan fingerprint density at radius 3 is 2.57 bits per heavy atom. The molecular weight excluding hydrogens is 351 g/mol. The average molecular weight is 362 g/mol. The number of aromatic nitrogens is 5. The molecule has 1 aromatic carbocycles. The van der Waals surface area contributed by atoms with Gasteiger partial charge in [-0.15, -0.1) is 10.2 Å². The first-order valence-corrected chi connectivity index (χ1v) is 7.84. The molecule has 0 aliphatic rings. The van der Waals surface area contributed by atoms with Crippen molar-refractivity contribution in [3.8, 4) is 0 Å². The highest BCUT2D eigenvalue weighted by atomic mass is 35.5. The van der Waals surface area contributed by atoms with Crippen LogP contribution in [0.3, 0.4) is 0 Å². The SMILES string of the molecule is Cn1c(SCc2nc3cc(Cl)ccc3n2C)nnc1C(F)(F)F. The number of alkyl halides is 3. The second-order valence-electron chi connectivity index (χ2n) is 4.87. The summed E-state index contributed by atoms with van der Waals surface area (Å²) in [5.41, 5.74) is 1.64. The molecule has 0 fully saturated rings. The third kappa shape index (κ3) is 3.02. The lowest BCUT2D eigenvalue weighted by atomic mass is 10.3. The maximum Gasteiger partial charge on any atom is 0.451 e. The Morgan fingerprint density at radius 1 is 1.17 bits per heavy atom. The van der Waals surface area contributed by atoms with Gasteiger partial charge < -0.3 is 9.13 Å². The van der Waals surface area contributed by atoms with Gasteiger partial charge in [-0.3, -0.25) is 0 Å². The summed E-state index contributed by atoms with van der Waals surface area (Å²) in [6.45, 7) is 0. The van der Waals surface area contributed by atoms with E-state index in [1.54, 1.807) is 12.1 Å². The number of aryl methyl sites for hydroxylation is 1. The van der Waals surface area contributed by atoms with Gasteiger partial charge in [0.05, 0.1) is 16.8 Å². The Balaban J connectivity index is 1.84. The number of hydrogen-bond donors (Lipinski definition) is 0. The van der Waals surface area contributed by atoms with Crippen LogP contribution in [0.15, 0.2) is 23.4 Å². The summed E-state index contributed by atoms with van der Waals surface area (Å²) in [6.07, 6.45) is -4.52. The number of imidazole rings is 1. The predicted molar refractivity (Wildman–Crippen MR) is 81.3 cm³/mol. The van der Waals surface area contributed by atoms with Crippen molar-refractivity contribution in [3.05, 3.63) is 34.9 Å². The zero-order valence-electron chi connectivity index (χ0n) is 12.1.